The molecule has 4 aromatic rings. The zero-order valence-electron chi connectivity index (χ0n) is 21.7. The molecule has 2 aromatic carbocycles. The number of benzene rings is 2. The van der Waals surface area contributed by atoms with Gasteiger partial charge in [-0.25, -0.2) is 4.98 Å². The van der Waals surface area contributed by atoms with Crippen LogP contribution in [0.2, 0.25) is 5.02 Å². The van der Waals surface area contributed by atoms with Gasteiger partial charge in [-0.3, -0.25) is 14.5 Å². The van der Waals surface area contributed by atoms with Gasteiger partial charge in [-0.1, -0.05) is 29.8 Å². The molecule has 0 amide bonds. The summed E-state index contributed by atoms with van der Waals surface area (Å²) in [6.45, 7) is 5.20. The molecule has 0 spiro atoms. The van der Waals surface area contributed by atoms with Gasteiger partial charge in [-0.2, -0.15) is 13.2 Å². The normalized spacial score (nSPS) is 14.5. The number of carboxylic acids is 1. The Kier molecular flexibility index (Phi) is 10.1. The Morgan fingerprint density at radius 3 is 2.38 bits per heavy atom. The van der Waals surface area contributed by atoms with E-state index in [2.05, 4.69) is 19.9 Å². The number of nitrogens with one attached hydrogen (secondary N) is 1. The van der Waals surface area contributed by atoms with Crippen LogP contribution in [0.1, 0.15) is 42.8 Å². The summed E-state index contributed by atoms with van der Waals surface area (Å²) in [6, 6.07) is 10.4. The van der Waals surface area contributed by atoms with Gasteiger partial charge in [0.15, 0.2) is 5.69 Å². The fourth-order valence-corrected chi connectivity index (χ4v) is 4.72. The molecule has 1 aliphatic heterocycles. The minimum atomic E-state index is -4.36. The minimum absolute atomic E-state index is 0. The molecule has 5 rings (SSSR count). The fourth-order valence-electron chi connectivity index (χ4n) is 4.55. The molecule has 13 heteroatoms. The molecule has 2 N–H and O–H groups in total. The van der Waals surface area contributed by atoms with Gasteiger partial charge >= 0.3 is 35.7 Å². The Hall–Kier alpha value is -2.57. The minimum Gasteiger partial charge on any atom is -0.481 e. The largest absolute Gasteiger partial charge is 1.00 e. The van der Waals surface area contributed by atoms with E-state index in [1.807, 2.05) is 13.0 Å². The monoisotopic (exact) mass is 571 g/mol. The van der Waals surface area contributed by atoms with Crippen LogP contribution < -0.4 is 40.2 Å². The number of carbonyl (C=O) groups is 1. The van der Waals surface area contributed by atoms with Crippen LogP contribution in [0.15, 0.2) is 47.3 Å². The first-order valence-corrected chi connectivity index (χ1v) is 12.3. The number of H-pyrrole nitrogens is 1. The third-order valence-corrected chi connectivity index (χ3v) is 6.62. The van der Waals surface area contributed by atoms with Gasteiger partial charge in [0, 0.05) is 29.7 Å². The summed E-state index contributed by atoms with van der Waals surface area (Å²) in [7, 11) is 0. The van der Waals surface area contributed by atoms with E-state index in [0.29, 0.717) is 28.5 Å². The van der Waals surface area contributed by atoms with E-state index >= 15 is 0 Å². The molecule has 2 aromatic heterocycles. The first kappa shape index (κ1) is 31.0. The van der Waals surface area contributed by atoms with Crippen molar-refractivity contribution in [3.63, 3.8) is 0 Å². The Labute approximate surface area is 249 Å². The molecule has 0 bridgehead atoms. The van der Waals surface area contributed by atoms with Crippen LogP contribution in [0, 0.1) is 6.92 Å². The van der Waals surface area contributed by atoms with E-state index in [9.17, 15) is 18.0 Å². The maximum Gasteiger partial charge on any atom is 1.00 e. The molecular weight excluding hydrogens is 546 g/mol. The van der Waals surface area contributed by atoms with Crippen molar-refractivity contribution in [1.82, 2.24) is 24.4 Å². The number of aromatic nitrogens is 4. The number of hydrogen-bond donors (Lipinski definition) is 2. The average molecular weight is 572 g/mol. The van der Waals surface area contributed by atoms with Gasteiger partial charge in [-0.15, -0.1) is 0 Å². The predicted octanol–water partition coefficient (Wildman–Crippen LogP) is 2.26. The SMILES string of the molecule is CC(=O)O.Cc1[nH]c(-c2ccc(C(F)(F)F)cc2)nc1CN1CCC(n2c(=O)[n-]c3cc(Cl)ccc32)CC1.[Na+]. The van der Waals surface area contributed by atoms with Crippen LogP contribution in [0.3, 0.4) is 0 Å². The number of nitrogens with zero attached hydrogens (tertiary/aromatic N) is 4. The summed E-state index contributed by atoms with van der Waals surface area (Å²) in [5, 5.41) is 7.97. The van der Waals surface area contributed by atoms with E-state index in [4.69, 9.17) is 21.5 Å². The number of aryl methyl sites for hydroxylation is 1. The number of aliphatic carboxylic acids is 1. The number of piperidine rings is 1. The topological polar surface area (TPSA) is 105 Å². The summed E-state index contributed by atoms with van der Waals surface area (Å²) in [5.41, 5.74) is 2.84. The summed E-state index contributed by atoms with van der Waals surface area (Å²) >= 11 is 6.03. The van der Waals surface area contributed by atoms with Crippen molar-refractivity contribution in [1.29, 1.82) is 0 Å². The number of rotatable bonds is 4. The number of likely N-dealkylation sites (tertiary alicyclic amines) is 1. The maximum absolute atomic E-state index is 12.8. The molecule has 0 saturated carbocycles. The standard InChI is InChI=1S/C24H23ClF3N5O.C2H4O2.Na/c1-14-20(30-22(29-14)15-2-4-16(5-3-15)24(26,27)28)13-32-10-8-18(9-11-32)33-21-7-6-17(25)12-19(21)31-23(33)34;1-2(3)4;/h2-7,12,18H,8-11,13H2,1H3,(H2,29,30,31,34);1H3,(H,3,4);/q;;+1/p-1. The van der Waals surface area contributed by atoms with Crippen molar-refractivity contribution in [2.45, 2.75) is 45.5 Å². The van der Waals surface area contributed by atoms with Crippen LogP contribution in [-0.4, -0.2) is 43.6 Å². The Bertz CT molecular complexity index is 1490. The number of hydrogen-bond acceptors (Lipinski definition) is 4. The number of aromatic amines is 1. The zero-order valence-corrected chi connectivity index (χ0v) is 24.5. The summed E-state index contributed by atoms with van der Waals surface area (Å²) in [6.07, 6.45) is -2.76. The second kappa shape index (κ2) is 12.7. The molecule has 1 fully saturated rings. The van der Waals surface area contributed by atoms with Crippen LogP contribution in [-0.2, 0) is 17.5 Å². The van der Waals surface area contributed by atoms with E-state index in [0.717, 1.165) is 61.9 Å². The van der Waals surface area contributed by atoms with E-state index in [1.54, 1.807) is 16.7 Å². The van der Waals surface area contributed by atoms with E-state index in [-0.39, 0.29) is 41.3 Å². The summed E-state index contributed by atoms with van der Waals surface area (Å²) in [5.74, 6) is -0.282. The quantitative estimate of drug-likeness (QED) is 0.364. The molecular formula is C26H26ClF3N5NaO3. The van der Waals surface area contributed by atoms with Gasteiger partial charge in [0.05, 0.1) is 11.3 Å². The summed E-state index contributed by atoms with van der Waals surface area (Å²) in [4.78, 5) is 35.7. The molecule has 1 aliphatic rings. The van der Waals surface area contributed by atoms with E-state index < -0.39 is 17.7 Å². The maximum atomic E-state index is 12.8. The van der Waals surface area contributed by atoms with Crippen molar-refractivity contribution in [2.24, 2.45) is 0 Å². The molecule has 0 atom stereocenters. The molecule has 1 saturated heterocycles. The summed E-state index contributed by atoms with van der Waals surface area (Å²) < 4.78 is 40.2. The van der Waals surface area contributed by atoms with Crippen molar-refractivity contribution < 1.29 is 52.6 Å². The van der Waals surface area contributed by atoms with Gasteiger partial charge < -0.3 is 19.6 Å². The molecule has 3 heterocycles. The Morgan fingerprint density at radius 1 is 1.18 bits per heavy atom. The fraction of sp³-hybridized carbons (Fsp3) is 0.346. The van der Waals surface area contributed by atoms with Gasteiger partial charge in [0.25, 0.3) is 5.97 Å². The van der Waals surface area contributed by atoms with Gasteiger partial charge in [-0.05, 0) is 74.2 Å². The number of halogens is 4. The van der Waals surface area contributed by atoms with Crippen LogP contribution >= 0.6 is 11.6 Å². The van der Waals surface area contributed by atoms with Crippen molar-refractivity contribution >= 4 is 28.6 Å². The van der Waals surface area contributed by atoms with Crippen LogP contribution in [0.25, 0.3) is 22.4 Å². The second-order valence-corrected chi connectivity index (χ2v) is 9.59. The first-order chi connectivity index (χ1) is 17.9. The number of fused-ring (bicyclic) bond motifs is 1. The van der Waals surface area contributed by atoms with Crippen molar-refractivity contribution in [2.75, 3.05) is 13.1 Å². The number of carboxylic acid groups (broad SMARTS) is 1. The molecule has 202 valence electrons. The number of alkyl halides is 3. The average Bonchev–Trinajstić information content (AvgIpc) is 3.37. The van der Waals surface area contributed by atoms with Crippen molar-refractivity contribution in [3.8, 4) is 11.4 Å². The van der Waals surface area contributed by atoms with Gasteiger partial charge in [0.1, 0.15) is 5.82 Å². The van der Waals surface area contributed by atoms with Gasteiger partial charge in [0.2, 0.25) is 0 Å². The zero-order chi connectivity index (χ0) is 27.6. The second-order valence-electron chi connectivity index (χ2n) is 9.16. The Morgan fingerprint density at radius 2 is 1.79 bits per heavy atom. The molecule has 8 nitrogen and oxygen atoms in total. The first-order valence-electron chi connectivity index (χ1n) is 11.9. The third-order valence-electron chi connectivity index (χ3n) is 6.39. The van der Waals surface area contributed by atoms with E-state index in [1.165, 1.54) is 12.1 Å². The Balaban J connectivity index is 0.000000788. The smallest absolute Gasteiger partial charge is 0.481 e. The third kappa shape index (κ3) is 7.55. The molecule has 0 aliphatic carbocycles. The molecule has 39 heavy (non-hydrogen) atoms. The van der Waals surface area contributed by atoms with Crippen molar-refractivity contribution in [3.05, 3.63) is 74.9 Å². The predicted molar refractivity (Wildman–Crippen MR) is 137 cm³/mol. The van der Waals surface area contributed by atoms with Crippen LogP contribution in [0.5, 0.6) is 0 Å². The molecule has 0 unspecified atom stereocenters. The van der Waals surface area contributed by atoms with Crippen LogP contribution in [0.4, 0.5) is 13.2 Å². The molecule has 0 radical (unpaired) electrons. The number of imidazole rings is 2.